The van der Waals surface area contributed by atoms with Crippen LogP contribution in [-0.2, 0) is 10.8 Å². The molecular formula is C73H65N5O. The van der Waals surface area contributed by atoms with E-state index in [9.17, 15) is 9.60 Å². The van der Waals surface area contributed by atoms with Crippen LogP contribution < -0.4 is 9.30 Å². The fourth-order valence-corrected chi connectivity index (χ4v) is 11.1. The molecule has 0 N–H and O–H groups in total. The number of nitrogens with zero attached hydrogens (tertiary/aromatic N) is 5. The van der Waals surface area contributed by atoms with Gasteiger partial charge in [0.15, 0.2) is 0 Å². The molecular weight excluding hydrogens is 963 g/mol. The number of benzene rings is 9. The van der Waals surface area contributed by atoms with Crippen molar-refractivity contribution in [3.05, 3.63) is 241 Å². The zero-order valence-corrected chi connectivity index (χ0v) is 45.3. The van der Waals surface area contributed by atoms with E-state index in [0.717, 1.165) is 27.8 Å². The Morgan fingerprint density at radius 3 is 1.89 bits per heavy atom. The number of imidazole rings is 1. The normalized spacial score (nSPS) is 14.9. The molecule has 0 spiro atoms. The Morgan fingerprint density at radius 2 is 1.19 bits per heavy atom. The lowest BCUT2D eigenvalue weighted by atomic mass is 9.78. The zero-order chi connectivity index (χ0) is 66.4. The molecule has 0 aliphatic rings. The Morgan fingerprint density at radius 1 is 0.557 bits per heavy atom. The SMILES string of the molecule is [2H]c1c([2H])c([2H])c(-c2cccc(-c3cc(C(C)(C)C)cc(C(C)(C)C)c3)c2-[n+]2[c-]n(-c3cccc(Oc4cc(-n5c6c([2H])c([2H])c([2H])c([2H])c6c6c([2H])c([2H])c([2H])c([2H])c65)c5c6ccccc6n(-c6cc(C([2H])(CC)CC)ccn6)c5c4)c3)c3ccccc32)c([2H])c1[2H]. The Bertz CT molecular complexity index is 5180. The largest absolute Gasteiger partial charge is 0.458 e. The van der Waals surface area contributed by atoms with Gasteiger partial charge in [-0.15, -0.1) is 0 Å². The molecule has 0 radical (unpaired) electrons. The summed E-state index contributed by atoms with van der Waals surface area (Å²) >= 11 is 0. The first kappa shape index (κ1) is 36.2. The number of ether oxygens (including phenoxy) is 1. The van der Waals surface area contributed by atoms with Gasteiger partial charge in [0.1, 0.15) is 17.3 Å². The molecule has 13 rings (SSSR count). The third-order valence-electron chi connectivity index (χ3n) is 15.1. The van der Waals surface area contributed by atoms with Gasteiger partial charge in [-0.3, -0.25) is 13.7 Å². The number of para-hydroxylation sites is 6. The summed E-state index contributed by atoms with van der Waals surface area (Å²) in [5.41, 5.74) is 8.22. The first-order valence-corrected chi connectivity index (χ1v) is 26.8. The van der Waals surface area contributed by atoms with Crippen LogP contribution in [0.15, 0.2) is 218 Å². The van der Waals surface area contributed by atoms with Gasteiger partial charge < -0.3 is 9.30 Å². The van der Waals surface area contributed by atoms with Crippen LogP contribution in [0.4, 0.5) is 0 Å². The summed E-state index contributed by atoms with van der Waals surface area (Å²) in [6, 6.07) is 35.9. The van der Waals surface area contributed by atoms with Gasteiger partial charge in [0, 0.05) is 41.2 Å². The molecule has 6 nitrogen and oxygen atoms in total. The van der Waals surface area contributed by atoms with Crippen molar-refractivity contribution < 1.29 is 28.5 Å². The first-order valence-electron chi connectivity index (χ1n) is 33.8. The first-order chi connectivity index (χ1) is 44.1. The number of hydrogen-bond acceptors (Lipinski definition) is 2. The van der Waals surface area contributed by atoms with E-state index in [1.807, 2.05) is 125 Å². The van der Waals surface area contributed by atoms with Crippen molar-refractivity contribution in [2.24, 2.45) is 0 Å². The number of pyridine rings is 1. The van der Waals surface area contributed by atoms with Crippen molar-refractivity contribution >= 4 is 54.6 Å². The highest BCUT2D eigenvalue weighted by atomic mass is 16.5. The molecule has 6 heteroatoms. The van der Waals surface area contributed by atoms with E-state index >= 15 is 0 Å². The van der Waals surface area contributed by atoms with Crippen molar-refractivity contribution in [2.75, 3.05) is 0 Å². The van der Waals surface area contributed by atoms with Crippen LogP contribution in [0.5, 0.6) is 11.5 Å². The highest BCUT2D eigenvalue weighted by Gasteiger charge is 2.26. The molecule has 79 heavy (non-hydrogen) atoms. The Hall–Kier alpha value is -9.00. The van der Waals surface area contributed by atoms with Gasteiger partial charge in [0.2, 0.25) is 0 Å². The molecule has 9 aromatic carbocycles. The van der Waals surface area contributed by atoms with Crippen LogP contribution in [0.3, 0.4) is 0 Å². The predicted octanol–water partition coefficient (Wildman–Crippen LogP) is 18.9. The molecule has 0 saturated carbocycles. The average Bonchev–Trinajstić information content (AvgIpc) is 1.54. The fourth-order valence-electron chi connectivity index (χ4n) is 11.1. The van der Waals surface area contributed by atoms with E-state index in [-0.39, 0.29) is 61.7 Å². The maximum absolute atomic E-state index is 9.56. The van der Waals surface area contributed by atoms with Crippen LogP contribution in [0.1, 0.15) is 110 Å². The molecule has 0 aliphatic carbocycles. The maximum Gasteiger partial charge on any atom is 0.269 e. The van der Waals surface area contributed by atoms with E-state index in [0.29, 0.717) is 74.2 Å². The third-order valence-corrected chi connectivity index (χ3v) is 15.1. The molecule has 0 amide bonds. The lowest BCUT2D eigenvalue weighted by Gasteiger charge is -2.27. The second-order valence-electron chi connectivity index (χ2n) is 22.0. The van der Waals surface area contributed by atoms with Gasteiger partial charge in [-0.25, -0.2) is 4.98 Å². The van der Waals surface area contributed by atoms with Crippen molar-refractivity contribution in [3.63, 3.8) is 0 Å². The van der Waals surface area contributed by atoms with Crippen LogP contribution in [0.2, 0.25) is 0 Å². The van der Waals surface area contributed by atoms with Gasteiger partial charge >= 0.3 is 0 Å². The van der Waals surface area contributed by atoms with Crippen LogP contribution >= 0.6 is 0 Å². The number of fused-ring (bicyclic) bond motifs is 7. The highest BCUT2D eigenvalue weighted by Crippen LogP contribution is 2.44. The second-order valence-corrected chi connectivity index (χ2v) is 22.0. The lowest BCUT2D eigenvalue weighted by molar-refractivity contribution is -0.571. The van der Waals surface area contributed by atoms with E-state index in [4.69, 9.17) is 19.3 Å². The topological polar surface area (TPSA) is 40.8 Å². The summed E-state index contributed by atoms with van der Waals surface area (Å²) in [5.74, 6) is 0.0965. The second kappa shape index (κ2) is 19.5. The van der Waals surface area contributed by atoms with Crippen molar-refractivity contribution in [2.45, 2.75) is 85.0 Å². The average molecular weight is 1040 g/mol. The fraction of sp³-hybridized carbons (Fsp3) is 0.178. The van der Waals surface area contributed by atoms with Gasteiger partial charge in [-0.2, -0.15) is 0 Å². The summed E-state index contributed by atoms with van der Waals surface area (Å²) in [4.78, 5) is 4.93. The molecule has 0 saturated heterocycles. The summed E-state index contributed by atoms with van der Waals surface area (Å²) in [7, 11) is 0. The van der Waals surface area contributed by atoms with Crippen LogP contribution in [-0.4, -0.2) is 18.7 Å². The smallest absolute Gasteiger partial charge is 0.269 e. The predicted molar refractivity (Wildman–Crippen MR) is 328 cm³/mol. The molecule has 13 aromatic rings. The van der Waals surface area contributed by atoms with Crippen LogP contribution in [0.25, 0.3) is 99.8 Å². The minimum Gasteiger partial charge on any atom is -0.458 e. The molecule has 0 unspecified atom stereocenters. The Balaban J connectivity index is 1.07. The summed E-state index contributed by atoms with van der Waals surface area (Å²) in [6.07, 6.45) is 6.41. The van der Waals surface area contributed by atoms with Crippen LogP contribution in [0, 0.1) is 6.33 Å². The van der Waals surface area contributed by atoms with Gasteiger partial charge in [-0.1, -0.05) is 207 Å². The van der Waals surface area contributed by atoms with E-state index in [1.165, 1.54) is 4.57 Å². The van der Waals surface area contributed by atoms with Crippen molar-refractivity contribution in [1.82, 2.24) is 18.7 Å². The van der Waals surface area contributed by atoms with Gasteiger partial charge in [0.05, 0.1) is 68.0 Å². The Labute approximate surface area is 483 Å². The Kier molecular flexibility index (Phi) is 8.91. The minimum absolute atomic E-state index is 0.0286. The molecule has 0 aliphatic heterocycles. The van der Waals surface area contributed by atoms with E-state index in [1.54, 1.807) is 24.4 Å². The maximum atomic E-state index is 9.56. The summed E-state index contributed by atoms with van der Waals surface area (Å²) < 4.78 is 142. The quantitative estimate of drug-likeness (QED) is 0.0957. The summed E-state index contributed by atoms with van der Waals surface area (Å²) in [6.45, 7) is 16.9. The minimum atomic E-state index is -0.942. The number of rotatable bonds is 11. The highest BCUT2D eigenvalue weighted by molar-refractivity contribution is 6.16. The lowest BCUT2D eigenvalue weighted by Crippen LogP contribution is -2.31. The zero-order valence-electron chi connectivity index (χ0n) is 59.3. The molecule has 0 fully saturated rings. The van der Waals surface area contributed by atoms with E-state index < -0.39 is 72.4 Å². The molecule has 4 heterocycles. The van der Waals surface area contributed by atoms with Crippen molar-refractivity contribution in [3.8, 4) is 56.6 Å². The van der Waals surface area contributed by atoms with Gasteiger partial charge in [-0.05, 0) is 117 Å². The standard InChI is InChI=1S/C73H65N5O/c1-9-48(10-2)50-38-39-74-69(42-50)78-64-35-19-16-30-61(64)70-67(77-62-33-17-14-28-59(62)60-29-15-18-34-63(60)77)45-56(46-68(70)78)79-55-27-22-26-54(44-55)75-47-76(66-37-21-20-36-65(66)75)71-57(49-24-12-11-13-25-49)31-23-32-58(71)51-40-52(72(3,4)5)43-53(41-51)73(6,7)8/h11-46,48H,9-10H2,1-8H3/i11D,12D,13D,14D,15D,17D,18D,24D,25D,28D,29D,33D,34D,48D. The monoisotopic (exact) mass is 1040 g/mol. The molecule has 4 aromatic heterocycles. The van der Waals surface area contributed by atoms with E-state index in [2.05, 4.69) is 66.1 Å². The third kappa shape index (κ3) is 8.67. The van der Waals surface area contributed by atoms with Crippen molar-refractivity contribution in [1.29, 1.82) is 0 Å². The number of hydrogen-bond donors (Lipinski definition) is 0. The van der Waals surface area contributed by atoms with Gasteiger partial charge in [0.25, 0.3) is 6.33 Å². The molecule has 0 atom stereocenters. The summed E-state index contributed by atoms with van der Waals surface area (Å²) in [5, 5.41) is 1.06. The number of aromatic nitrogens is 5. The molecule has 388 valence electrons. The molecule has 0 bridgehead atoms.